The number of nitrogens with zero attached hydrogens (tertiary/aromatic N) is 4. The van der Waals surface area contributed by atoms with E-state index in [0.29, 0.717) is 11.3 Å². The number of ether oxygens (including phenoxy) is 5. The van der Waals surface area contributed by atoms with E-state index in [1.807, 2.05) is 0 Å². The van der Waals surface area contributed by atoms with E-state index in [-0.39, 0.29) is 47.9 Å². The number of nitrogens with two attached hydrogens (primary N) is 2. The van der Waals surface area contributed by atoms with Gasteiger partial charge in [-0.15, -0.1) is 0 Å². The summed E-state index contributed by atoms with van der Waals surface area (Å²) in [5, 5.41) is 19.9. The molecule has 0 aliphatic heterocycles. The van der Waals surface area contributed by atoms with Gasteiger partial charge < -0.3 is 45.6 Å². The van der Waals surface area contributed by atoms with Crippen molar-refractivity contribution in [3.8, 4) is 11.5 Å². The lowest BCUT2D eigenvalue weighted by Crippen LogP contribution is -2.32. The molecule has 0 saturated heterocycles. The predicted octanol–water partition coefficient (Wildman–Crippen LogP) is 3.35. The fraction of sp³-hybridized carbons (Fsp3) is 0.310. The number of carbonyl (C=O) groups is 1. The summed E-state index contributed by atoms with van der Waals surface area (Å²) < 4.78 is 54.8. The molecule has 0 bridgehead atoms. The molecule has 1 aromatic heterocycles. The van der Waals surface area contributed by atoms with Crippen LogP contribution < -0.4 is 26.3 Å². The summed E-state index contributed by atoms with van der Waals surface area (Å²) in [6.45, 7) is 0.364. The van der Waals surface area contributed by atoms with Crippen LogP contribution in [0.1, 0.15) is 31.0 Å². The van der Waals surface area contributed by atoms with Crippen molar-refractivity contribution in [1.82, 2.24) is 9.97 Å². The zero-order chi connectivity index (χ0) is 33.7. The maximum Gasteiger partial charge on any atom is 0.511 e. The topological polar surface area (TPSA) is 222 Å². The summed E-state index contributed by atoms with van der Waals surface area (Å²) in [5.41, 5.74) is 11.3. The Kier molecular flexibility index (Phi) is 12.5. The molecule has 3 rings (SSSR count). The van der Waals surface area contributed by atoms with Crippen LogP contribution in [0.5, 0.6) is 11.5 Å². The molecule has 246 valence electrons. The number of hydrogen-bond donors (Lipinski definition) is 5. The smallest absolute Gasteiger partial charge is 0.497 e. The van der Waals surface area contributed by atoms with E-state index >= 15 is 4.39 Å². The Morgan fingerprint density at radius 3 is 2.46 bits per heavy atom. The summed E-state index contributed by atoms with van der Waals surface area (Å²) in [4.78, 5) is 28.3. The van der Waals surface area contributed by atoms with Crippen molar-refractivity contribution in [2.75, 3.05) is 39.1 Å². The molecule has 46 heavy (non-hydrogen) atoms. The summed E-state index contributed by atoms with van der Waals surface area (Å²) in [5.74, 6) is -1.46. The second-order valence-corrected chi connectivity index (χ2v) is 9.80. The highest BCUT2D eigenvalue weighted by Gasteiger charge is 2.26. The SMILES string of the molecule is COc1cc(OCCO)c(F)c(C(Nc2ccc(C(=N)N)cc2)C(N)=NC(=Nc2ncccn2)OCOC(=O)OC(C)(C)CF)c1. The fourth-order valence-corrected chi connectivity index (χ4v) is 3.52. The van der Waals surface area contributed by atoms with Gasteiger partial charge in [-0.3, -0.25) is 5.41 Å². The number of aliphatic hydroxyl groups is 1. The highest BCUT2D eigenvalue weighted by molar-refractivity contribution is 5.98. The summed E-state index contributed by atoms with van der Waals surface area (Å²) in [6, 6.07) is 8.74. The monoisotopic (exact) mass is 644 g/mol. The molecule has 0 radical (unpaired) electrons. The number of methoxy groups -OCH3 is 1. The first kappa shape index (κ1) is 34.9. The van der Waals surface area contributed by atoms with Crippen LogP contribution >= 0.6 is 0 Å². The quantitative estimate of drug-likeness (QED) is 0.0738. The van der Waals surface area contributed by atoms with E-state index in [1.54, 1.807) is 30.3 Å². The van der Waals surface area contributed by atoms with Crippen LogP contribution in [-0.2, 0) is 14.2 Å². The van der Waals surface area contributed by atoms with E-state index in [4.69, 9.17) is 40.6 Å². The molecule has 2 aromatic carbocycles. The third kappa shape index (κ3) is 10.3. The molecule has 0 fully saturated rings. The average molecular weight is 645 g/mol. The van der Waals surface area contributed by atoms with Gasteiger partial charge in [0.15, 0.2) is 11.6 Å². The van der Waals surface area contributed by atoms with Crippen LogP contribution in [0.4, 0.5) is 25.2 Å². The first-order valence-corrected chi connectivity index (χ1v) is 13.5. The predicted molar refractivity (Wildman–Crippen MR) is 164 cm³/mol. The van der Waals surface area contributed by atoms with Crippen molar-refractivity contribution >= 4 is 35.5 Å². The van der Waals surface area contributed by atoms with Gasteiger partial charge in [0.2, 0.25) is 6.79 Å². The van der Waals surface area contributed by atoms with Crippen LogP contribution in [0.2, 0.25) is 0 Å². The minimum absolute atomic E-state index is 0.0900. The number of nitrogen functional groups attached to an aromatic ring is 1. The lowest BCUT2D eigenvalue weighted by atomic mass is 10.0. The lowest BCUT2D eigenvalue weighted by molar-refractivity contribution is -0.0528. The molecule has 1 unspecified atom stereocenters. The number of aliphatic hydroxyl groups excluding tert-OH is 1. The van der Waals surface area contributed by atoms with Gasteiger partial charge in [-0.05, 0) is 50.2 Å². The molecule has 1 heterocycles. The van der Waals surface area contributed by atoms with Crippen LogP contribution in [0, 0.1) is 11.2 Å². The molecule has 17 heteroatoms. The number of aliphatic imine (C=N–C) groups is 2. The Morgan fingerprint density at radius 1 is 1.15 bits per heavy atom. The van der Waals surface area contributed by atoms with Crippen molar-refractivity contribution in [3.63, 3.8) is 0 Å². The Balaban J connectivity index is 2.05. The number of halogens is 2. The van der Waals surface area contributed by atoms with Crippen molar-refractivity contribution in [2.24, 2.45) is 21.5 Å². The lowest BCUT2D eigenvalue weighted by Gasteiger charge is -2.23. The van der Waals surface area contributed by atoms with E-state index in [1.165, 1.54) is 45.5 Å². The van der Waals surface area contributed by atoms with Gasteiger partial charge in [-0.25, -0.2) is 23.5 Å². The van der Waals surface area contributed by atoms with Crippen LogP contribution in [0.25, 0.3) is 0 Å². The highest BCUT2D eigenvalue weighted by atomic mass is 19.1. The first-order chi connectivity index (χ1) is 22.0. The molecule has 0 spiro atoms. The number of aromatic nitrogens is 2. The average Bonchev–Trinajstić information content (AvgIpc) is 3.03. The van der Waals surface area contributed by atoms with Gasteiger partial charge in [0, 0.05) is 35.3 Å². The summed E-state index contributed by atoms with van der Waals surface area (Å²) in [6.07, 6.45) is 1.58. The zero-order valence-corrected chi connectivity index (χ0v) is 25.2. The zero-order valence-electron chi connectivity index (χ0n) is 25.2. The molecule has 15 nitrogen and oxygen atoms in total. The van der Waals surface area contributed by atoms with Crippen molar-refractivity contribution in [3.05, 3.63) is 71.8 Å². The van der Waals surface area contributed by atoms with Crippen molar-refractivity contribution in [2.45, 2.75) is 25.5 Å². The molecule has 7 N–H and O–H groups in total. The van der Waals surface area contributed by atoms with E-state index in [2.05, 4.69) is 25.3 Å². The first-order valence-electron chi connectivity index (χ1n) is 13.5. The van der Waals surface area contributed by atoms with E-state index in [0.717, 1.165) is 0 Å². The Labute approximate surface area is 262 Å². The molecule has 1 atom stereocenters. The molecule has 0 aliphatic rings. The van der Waals surface area contributed by atoms with Gasteiger partial charge in [0.05, 0.1) is 13.7 Å². The minimum Gasteiger partial charge on any atom is -0.497 e. The second-order valence-electron chi connectivity index (χ2n) is 9.80. The number of anilines is 1. The normalized spacial score (nSPS) is 12.6. The molecular weight excluding hydrogens is 610 g/mol. The number of carbonyl (C=O) groups excluding carboxylic acids is 1. The number of hydrogen-bond acceptors (Lipinski definition) is 12. The van der Waals surface area contributed by atoms with Crippen LogP contribution in [-0.4, -0.2) is 78.3 Å². The Bertz CT molecular complexity index is 1540. The van der Waals surface area contributed by atoms with Crippen molar-refractivity contribution < 1.29 is 42.4 Å². The van der Waals surface area contributed by atoms with Gasteiger partial charge in [-0.1, -0.05) is 0 Å². The Hall–Kier alpha value is -5.58. The molecule has 0 saturated carbocycles. The van der Waals surface area contributed by atoms with Gasteiger partial charge >= 0.3 is 12.2 Å². The molecular formula is C29H34F2N8O7. The number of alkyl halides is 1. The molecule has 0 amide bonds. The highest BCUT2D eigenvalue weighted by Crippen LogP contribution is 2.33. The van der Waals surface area contributed by atoms with Gasteiger partial charge in [0.1, 0.15) is 42.3 Å². The van der Waals surface area contributed by atoms with E-state index < -0.39 is 43.1 Å². The number of benzene rings is 2. The second kappa shape index (κ2) is 16.5. The van der Waals surface area contributed by atoms with E-state index in [9.17, 15) is 14.3 Å². The number of nitrogens with one attached hydrogen (secondary N) is 2. The Morgan fingerprint density at radius 2 is 1.85 bits per heavy atom. The van der Waals surface area contributed by atoms with Crippen LogP contribution in [0.15, 0.2) is 64.8 Å². The third-order valence-electron chi connectivity index (χ3n) is 5.76. The van der Waals surface area contributed by atoms with Crippen LogP contribution in [0.3, 0.4) is 0 Å². The maximum atomic E-state index is 15.9. The van der Waals surface area contributed by atoms with Crippen molar-refractivity contribution in [1.29, 1.82) is 5.41 Å². The van der Waals surface area contributed by atoms with Gasteiger partial charge in [-0.2, -0.15) is 9.98 Å². The summed E-state index contributed by atoms with van der Waals surface area (Å²) >= 11 is 0. The molecule has 3 aromatic rings. The fourth-order valence-electron chi connectivity index (χ4n) is 3.52. The largest absolute Gasteiger partial charge is 0.511 e. The maximum absolute atomic E-state index is 15.9. The summed E-state index contributed by atoms with van der Waals surface area (Å²) in [7, 11) is 1.37. The number of rotatable bonds is 14. The standard InChI is InChI=1S/C29H34F2N8O7/c1-29(2,15-30)46-28(41)45-16-44-27(39-26-35-9-4-10-36-26)38-25(34)23(37-18-7-5-17(6-8-18)24(32)33)20-13-19(42-3)14-21(22(20)31)43-12-11-40/h4-10,13-14,23,37,40H,11-12,15-16H2,1-3H3,(H3,32,33)(H2,34,35,36,38,39). The van der Waals surface area contributed by atoms with Gasteiger partial charge in [0.25, 0.3) is 5.95 Å². The third-order valence-corrected chi connectivity index (χ3v) is 5.76. The molecule has 0 aliphatic carbocycles. The number of amidine groups is 3. The minimum atomic E-state index is -1.43.